The molecular formula is C19H23N9O4. The highest BCUT2D eigenvalue weighted by Gasteiger charge is 2.26. The number of nitrogens with one attached hydrogen (secondary N) is 1. The van der Waals surface area contributed by atoms with Gasteiger partial charge in [-0.3, -0.25) is 9.69 Å². The number of hydrazone groups is 1. The molecule has 1 aliphatic heterocycles. The number of aromatic hydroxyl groups is 1. The minimum absolute atomic E-state index is 0.00859. The number of benzene rings is 1. The summed E-state index contributed by atoms with van der Waals surface area (Å²) in [6.07, 6.45) is 4.76. The van der Waals surface area contributed by atoms with Crippen LogP contribution >= 0.6 is 0 Å². The Bertz CT molecular complexity index is 1120. The van der Waals surface area contributed by atoms with Crippen LogP contribution in [0.3, 0.4) is 0 Å². The van der Waals surface area contributed by atoms with Gasteiger partial charge in [-0.25, -0.2) is 10.1 Å². The molecule has 1 amide bonds. The lowest BCUT2D eigenvalue weighted by Gasteiger charge is -2.26. The quantitative estimate of drug-likeness (QED) is 0.350. The highest BCUT2D eigenvalue weighted by molar-refractivity contribution is 5.94. The van der Waals surface area contributed by atoms with Gasteiger partial charge in [0.1, 0.15) is 0 Å². The first-order chi connectivity index (χ1) is 15.6. The molecule has 0 atom stereocenters. The number of ether oxygens (including phenoxy) is 1. The molecule has 4 rings (SSSR count). The molecule has 2 aromatic heterocycles. The number of phenolic OH excluding ortho intramolecular Hbond substituents is 1. The summed E-state index contributed by atoms with van der Waals surface area (Å²) in [5, 5.41) is 29.1. The second kappa shape index (κ2) is 9.43. The maximum absolute atomic E-state index is 12.8. The van der Waals surface area contributed by atoms with E-state index in [4.69, 9.17) is 10.5 Å². The van der Waals surface area contributed by atoms with Crippen molar-refractivity contribution in [3.05, 3.63) is 35.2 Å². The van der Waals surface area contributed by atoms with Crippen molar-refractivity contribution in [1.29, 1.82) is 0 Å². The Hall–Kier alpha value is -4.00. The van der Waals surface area contributed by atoms with Crippen molar-refractivity contribution < 1.29 is 19.3 Å². The second-order valence-electron chi connectivity index (χ2n) is 7.24. The number of nitrogens with zero attached hydrogens (tertiary/aromatic N) is 7. The van der Waals surface area contributed by atoms with Gasteiger partial charge in [0.2, 0.25) is 11.6 Å². The number of nitrogen functional groups attached to an aromatic ring is 1. The van der Waals surface area contributed by atoms with Crippen molar-refractivity contribution in [2.45, 2.75) is 25.8 Å². The summed E-state index contributed by atoms with van der Waals surface area (Å²) in [4.78, 5) is 15.0. The van der Waals surface area contributed by atoms with Gasteiger partial charge in [0.15, 0.2) is 17.2 Å². The summed E-state index contributed by atoms with van der Waals surface area (Å²) in [6.45, 7) is 2.24. The molecule has 13 nitrogen and oxygen atoms in total. The topological polar surface area (TPSA) is 170 Å². The molecule has 0 aliphatic carbocycles. The Morgan fingerprint density at radius 1 is 1.34 bits per heavy atom. The molecule has 0 saturated carbocycles. The molecule has 3 aromatic rings. The number of aromatic nitrogens is 5. The Labute approximate surface area is 182 Å². The molecule has 168 valence electrons. The van der Waals surface area contributed by atoms with Gasteiger partial charge in [0.25, 0.3) is 5.91 Å². The normalized spacial score (nSPS) is 14.7. The molecule has 0 bridgehead atoms. The Kier molecular flexibility index (Phi) is 6.26. The molecule has 32 heavy (non-hydrogen) atoms. The molecule has 1 saturated heterocycles. The summed E-state index contributed by atoms with van der Waals surface area (Å²) in [6, 6.07) is 4.69. The van der Waals surface area contributed by atoms with E-state index in [1.165, 1.54) is 30.5 Å². The van der Waals surface area contributed by atoms with Gasteiger partial charge in [0.05, 0.1) is 19.0 Å². The molecule has 1 aromatic carbocycles. The third kappa shape index (κ3) is 4.51. The zero-order valence-electron chi connectivity index (χ0n) is 17.4. The first-order valence-corrected chi connectivity index (χ1v) is 10.0. The van der Waals surface area contributed by atoms with E-state index in [9.17, 15) is 9.90 Å². The third-order valence-corrected chi connectivity index (χ3v) is 5.08. The van der Waals surface area contributed by atoms with E-state index >= 15 is 0 Å². The van der Waals surface area contributed by atoms with Crippen molar-refractivity contribution in [3.8, 4) is 17.3 Å². The molecule has 3 heterocycles. The minimum atomic E-state index is -0.541. The summed E-state index contributed by atoms with van der Waals surface area (Å²) in [7, 11) is 1.45. The predicted octanol–water partition coefficient (Wildman–Crippen LogP) is 0.696. The fourth-order valence-corrected chi connectivity index (χ4v) is 3.45. The lowest BCUT2D eigenvalue weighted by Crippen LogP contribution is -2.31. The smallest absolute Gasteiger partial charge is 0.293 e. The Morgan fingerprint density at radius 2 is 2.16 bits per heavy atom. The van der Waals surface area contributed by atoms with Crippen LogP contribution in [0.4, 0.5) is 5.82 Å². The van der Waals surface area contributed by atoms with Gasteiger partial charge < -0.3 is 15.6 Å². The number of piperidine rings is 1. The fourth-order valence-electron chi connectivity index (χ4n) is 3.45. The molecule has 1 fully saturated rings. The van der Waals surface area contributed by atoms with E-state index in [0.717, 1.165) is 25.9 Å². The van der Waals surface area contributed by atoms with Crippen LogP contribution in [-0.2, 0) is 6.54 Å². The van der Waals surface area contributed by atoms with E-state index in [-0.39, 0.29) is 23.1 Å². The minimum Gasteiger partial charge on any atom is -0.504 e. The van der Waals surface area contributed by atoms with Gasteiger partial charge in [0, 0.05) is 6.54 Å². The molecule has 4 N–H and O–H groups in total. The number of nitrogens with two attached hydrogens (primary N) is 1. The Balaban J connectivity index is 1.55. The first-order valence-electron chi connectivity index (χ1n) is 10.0. The number of carbonyl (C=O) groups excluding carboxylic acids is 1. The SMILES string of the molecule is COc1cc(/C=N\NC(=O)c2nnn(-c3nonc3N)c2CN2CCCCC2)ccc1O. The maximum Gasteiger partial charge on any atom is 0.293 e. The summed E-state index contributed by atoms with van der Waals surface area (Å²) >= 11 is 0. The number of methoxy groups -OCH3 is 1. The number of anilines is 1. The number of phenols is 1. The summed E-state index contributed by atoms with van der Waals surface area (Å²) in [5.41, 5.74) is 9.50. The van der Waals surface area contributed by atoms with E-state index in [1.54, 1.807) is 12.1 Å². The van der Waals surface area contributed by atoms with Crippen LogP contribution < -0.4 is 15.9 Å². The molecule has 0 radical (unpaired) electrons. The first kappa shape index (κ1) is 21.2. The van der Waals surface area contributed by atoms with Crippen molar-refractivity contribution in [2.24, 2.45) is 5.10 Å². The fraction of sp³-hybridized carbons (Fsp3) is 0.368. The monoisotopic (exact) mass is 441 g/mol. The van der Waals surface area contributed by atoms with Crippen molar-refractivity contribution in [3.63, 3.8) is 0 Å². The zero-order valence-corrected chi connectivity index (χ0v) is 17.4. The molecule has 0 spiro atoms. The van der Waals surface area contributed by atoms with Crippen LogP contribution in [0.2, 0.25) is 0 Å². The number of amides is 1. The number of rotatable bonds is 7. The average Bonchev–Trinajstić information content (AvgIpc) is 3.41. The lowest BCUT2D eigenvalue weighted by molar-refractivity contribution is 0.0947. The van der Waals surface area contributed by atoms with Gasteiger partial charge in [-0.05, 0) is 60.0 Å². The number of carbonyl (C=O) groups is 1. The number of hydrogen-bond donors (Lipinski definition) is 3. The number of hydrogen-bond acceptors (Lipinski definition) is 11. The van der Waals surface area contributed by atoms with E-state index in [0.29, 0.717) is 23.6 Å². The largest absolute Gasteiger partial charge is 0.504 e. The lowest BCUT2D eigenvalue weighted by atomic mass is 10.1. The standard InChI is InChI=1S/C19H23N9O4/c1-31-15-9-12(5-6-14(15)29)10-21-23-19(30)16-13(11-27-7-3-2-4-8-27)28(26-22-16)18-17(20)24-32-25-18/h5-6,9-10,29H,2-4,7-8,11H2,1H3,(H2,20,24)(H,23,30)/b21-10-. The highest BCUT2D eigenvalue weighted by Crippen LogP contribution is 2.25. The zero-order chi connectivity index (χ0) is 22.5. The summed E-state index contributed by atoms with van der Waals surface area (Å²) in [5.74, 6) is -0.0234. The van der Waals surface area contributed by atoms with Gasteiger partial charge in [-0.2, -0.15) is 9.78 Å². The van der Waals surface area contributed by atoms with Crippen LogP contribution in [0, 0.1) is 0 Å². The molecular weight excluding hydrogens is 418 g/mol. The van der Waals surface area contributed by atoms with Crippen molar-refractivity contribution in [2.75, 3.05) is 25.9 Å². The Morgan fingerprint density at radius 3 is 2.88 bits per heavy atom. The van der Waals surface area contributed by atoms with Crippen LogP contribution in [0.5, 0.6) is 11.5 Å². The van der Waals surface area contributed by atoms with E-state index in [1.807, 2.05) is 0 Å². The van der Waals surface area contributed by atoms with Gasteiger partial charge >= 0.3 is 0 Å². The van der Waals surface area contributed by atoms with Crippen LogP contribution in [0.1, 0.15) is 41.0 Å². The average molecular weight is 441 g/mol. The summed E-state index contributed by atoms with van der Waals surface area (Å²) < 4.78 is 11.1. The highest BCUT2D eigenvalue weighted by atomic mass is 16.6. The molecule has 13 heteroatoms. The second-order valence-corrected chi connectivity index (χ2v) is 7.24. The molecule has 1 aliphatic rings. The van der Waals surface area contributed by atoms with Crippen LogP contribution in [0.25, 0.3) is 5.82 Å². The van der Waals surface area contributed by atoms with Crippen LogP contribution in [-0.4, -0.2) is 67.6 Å². The van der Waals surface area contributed by atoms with Crippen molar-refractivity contribution in [1.82, 2.24) is 35.6 Å². The predicted molar refractivity (Wildman–Crippen MR) is 112 cm³/mol. The van der Waals surface area contributed by atoms with Gasteiger partial charge in [-0.1, -0.05) is 11.6 Å². The number of likely N-dealkylation sites (tertiary alicyclic amines) is 1. The van der Waals surface area contributed by atoms with Crippen molar-refractivity contribution >= 4 is 17.9 Å². The molecule has 0 unspecified atom stereocenters. The van der Waals surface area contributed by atoms with E-state index < -0.39 is 5.91 Å². The van der Waals surface area contributed by atoms with Gasteiger partial charge in [-0.15, -0.1) is 5.10 Å². The van der Waals surface area contributed by atoms with E-state index in [2.05, 4.69) is 40.7 Å². The third-order valence-electron chi connectivity index (χ3n) is 5.08. The maximum atomic E-state index is 12.8. The van der Waals surface area contributed by atoms with Crippen LogP contribution in [0.15, 0.2) is 27.9 Å².